The molecule has 4 nitrogen and oxygen atoms in total. The van der Waals surface area contributed by atoms with Gasteiger partial charge in [-0.15, -0.1) is 0 Å². The lowest BCUT2D eigenvalue weighted by Gasteiger charge is -2.19. The van der Waals surface area contributed by atoms with E-state index in [0.29, 0.717) is 17.8 Å². The Labute approximate surface area is 107 Å². The first kappa shape index (κ1) is 10.8. The van der Waals surface area contributed by atoms with Gasteiger partial charge in [0, 0.05) is 11.0 Å². The van der Waals surface area contributed by atoms with Crippen LogP contribution in [0.4, 0.5) is 5.69 Å². The molecule has 1 N–H and O–H groups in total. The van der Waals surface area contributed by atoms with Crippen LogP contribution in [0.2, 0.25) is 0 Å². The third-order valence-electron chi connectivity index (χ3n) is 3.29. The van der Waals surface area contributed by atoms with Crippen molar-refractivity contribution in [2.24, 2.45) is 0 Å². The number of halogens is 1. The average molecular weight is 295 g/mol. The lowest BCUT2D eigenvalue weighted by atomic mass is 10.1. The first-order valence-electron chi connectivity index (χ1n) is 5.58. The van der Waals surface area contributed by atoms with Crippen molar-refractivity contribution in [1.82, 2.24) is 4.90 Å². The Kier molecular flexibility index (Phi) is 2.43. The Balaban J connectivity index is 2.12. The van der Waals surface area contributed by atoms with Gasteiger partial charge in [0.15, 0.2) is 0 Å². The minimum atomic E-state index is -0.298. The summed E-state index contributed by atoms with van der Waals surface area (Å²) in [4.78, 5) is 26.0. The molecule has 17 heavy (non-hydrogen) atoms. The minimum Gasteiger partial charge on any atom is -0.327 e. The van der Waals surface area contributed by atoms with E-state index in [4.69, 9.17) is 0 Å². The van der Waals surface area contributed by atoms with Crippen LogP contribution < -0.4 is 5.32 Å². The van der Waals surface area contributed by atoms with Crippen LogP contribution >= 0.6 is 15.9 Å². The van der Waals surface area contributed by atoms with E-state index in [0.717, 1.165) is 17.3 Å². The molecule has 0 bridgehead atoms. The van der Waals surface area contributed by atoms with Crippen molar-refractivity contribution in [1.29, 1.82) is 0 Å². The van der Waals surface area contributed by atoms with Gasteiger partial charge >= 0.3 is 0 Å². The molecule has 1 aromatic carbocycles. The molecule has 2 aliphatic heterocycles. The van der Waals surface area contributed by atoms with Gasteiger partial charge in [-0.1, -0.05) is 15.9 Å². The normalized spacial score (nSPS) is 22.9. The number of anilines is 1. The summed E-state index contributed by atoms with van der Waals surface area (Å²) in [5.41, 5.74) is 1.18. The van der Waals surface area contributed by atoms with Crippen molar-refractivity contribution in [2.45, 2.75) is 18.9 Å². The zero-order valence-corrected chi connectivity index (χ0v) is 10.7. The van der Waals surface area contributed by atoms with E-state index in [2.05, 4.69) is 21.2 Å². The van der Waals surface area contributed by atoms with Crippen LogP contribution in [-0.2, 0) is 4.79 Å². The molecule has 88 valence electrons. The highest BCUT2D eigenvalue weighted by Gasteiger charge is 2.38. The Morgan fingerprint density at radius 2 is 2.18 bits per heavy atom. The van der Waals surface area contributed by atoms with E-state index >= 15 is 0 Å². The maximum atomic E-state index is 12.3. The third-order valence-corrected chi connectivity index (χ3v) is 3.78. The molecule has 5 heteroatoms. The molecule has 2 heterocycles. The molecular weight excluding hydrogens is 284 g/mol. The molecule has 1 fully saturated rings. The van der Waals surface area contributed by atoms with E-state index in [1.807, 2.05) is 6.07 Å². The number of carbonyl (C=O) groups excluding carboxylic acids is 2. The van der Waals surface area contributed by atoms with Gasteiger partial charge in [0.2, 0.25) is 5.91 Å². The van der Waals surface area contributed by atoms with E-state index in [1.54, 1.807) is 17.0 Å². The van der Waals surface area contributed by atoms with Crippen molar-refractivity contribution in [3.05, 3.63) is 28.2 Å². The summed E-state index contributed by atoms with van der Waals surface area (Å²) in [7, 11) is 0. The number of nitrogens with one attached hydrogen (secondary N) is 1. The van der Waals surface area contributed by atoms with Crippen molar-refractivity contribution >= 4 is 33.4 Å². The fourth-order valence-electron chi connectivity index (χ4n) is 2.46. The molecule has 1 atom stereocenters. The number of nitrogens with zero attached hydrogens (tertiary/aromatic N) is 1. The molecular formula is C12H11BrN2O2. The highest BCUT2D eigenvalue weighted by atomic mass is 79.9. The third kappa shape index (κ3) is 1.65. The van der Waals surface area contributed by atoms with E-state index < -0.39 is 0 Å². The Bertz CT molecular complexity index is 515. The average Bonchev–Trinajstić information content (AvgIpc) is 2.76. The molecule has 0 radical (unpaired) electrons. The standard InChI is InChI=1S/C12H11BrN2O2/c13-7-3-4-9-8(6-7)12(17)15-5-1-2-10(15)11(16)14-9/h3-4,6,10H,1-2,5H2,(H,14,16)/t10-/m1/s1. The monoisotopic (exact) mass is 294 g/mol. The Morgan fingerprint density at radius 3 is 3.00 bits per heavy atom. The fourth-order valence-corrected chi connectivity index (χ4v) is 2.82. The summed E-state index contributed by atoms with van der Waals surface area (Å²) in [5.74, 6) is -0.126. The Morgan fingerprint density at radius 1 is 1.35 bits per heavy atom. The summed E-state index contributed by atoms with van der Waals surface area (Å²) in [6.07, 6.45) is 1.65. The number of amides is 2. The number of fused-ring (bicyclic) bond motifs is 2. The van der Waals surface area contributed by atoms with Gasteiger partial charge < -0.3 is 10.2 Å². The van der Waals surface area contributed by atoms with Crippen molar-refractivity contribution in [3.63, 3.8) is 0 Å². The topological polar surface area (TPSA) is 49.4 Å². The quantitative estimate of drug-likeness (QED) is 0.796. The fraction of sp³-hybridized carbons (Fsp3) is 0.333. The van der Waals surface area contributed by atoms with Crippen molar-refractivity contribution in [2.75, 3.05) is 11.9 Å². The summed E-state index contributed by atoms with van der Waals surface area (Å²) in [5, 5.41) is 2.83. The highest BCUT2D eigenvalue weighted by molar-refractivity contribution is 9.10. The zero-order chi connectivity index (χ0) is 12.0. The van der Waals surface area contributed by atoms with E-state index in [1.165, 1.54) is 0 Å². The molecule has 0 saturated carbocycles. The number of rotatable bonds is 0. The van der Waals surface area contributed by atoms with Crippen LogP contribution in [0.25, 0.3) is 0 Å². The lowest BCUT2D eigenvalue weighted by Crippen LogP contribution is -2.40. The predicted octanol–water partition coefficient (Wildman–Crippen LogP) is 2.01. The predicted molar refractivity (Wildman–Crippen MR) is 66.8 cm³/mol. The molecule has 3 rings (SSSR count). The molecule has 2 amide bonds. The van der Waals surface area contributed by atoms with Crippen molar-refractivity contribution in [3.8, 4) is 0 Å². The molecule has 2 aliphatic rings. The summed E-state index contributed by atoms with van der Waals surface area (Å²) in [6.45, 7) is 0.670. The van der Waals surface area contributed by atoms with Gasteiger partial charge in [-0.25, -0.2) is 0 Å². The number of carbonyl (C=O) groups is 2. The second-order valence-corrected chi connectivity index (χ2v) is 5.25. The molecule has 1 aromatic rings. The van der Waals surface area contributed by atoms with Crippen LogP contribution in [0.3, 0.4) is 0 Å². The van der Waals surface area contributed by atoms with Crippen LogP contribution in [0, 0.1) is 0 Å². The second-order valence-electron chi connectivity index (χ2n) is 4.34. The summed E-state index contributed by atoms with van der Waals surface area (Å²) < 4.78 is 0.844. The number of benzene rings is 1. The van der Waals surface area contributed by atoms with Gasteiger partial charge in [0.25, 0.3) is 5.91 Å². The number of hydrogen-bond donors (Lipinski definition) is 1. The molecule has 0 aromatic heterocycles. The van der Waals surface area contributed by atoms with Crippen LogP contribution in [0.5, 0.6) is 0 Å². The van der Waals surface area contributed by atoms with Gasteiger partial charge in [-0.3, -0.25) is 9.59 Å². The lowest BCUT2D eigenvalue weighted by molar-refractivity contribution is -0.119. The van der Waals surface area contributed by atoms with Crippen LogP contribution in [-0.4, -0.2) is 29.3 Å². The van der Waals surface area contributed by atoms with Gasteiger partial charge in [0.05, 0.1) is 11.3 Å². The van der Waals surface area contributed by atoms with Gasteiger partial charge in [-0.05, 0) is 31.0 Å². The van der Waals surface area contributed by atoms with E-state index in [-0.39, 0.29) is 17.9 Å². The smallest absolute Gasteiger partial charge is 0.256 e. The molecule has 1 saturated heterocycles. The highest BCUT2D eigenvalue weighted by Crippen LogP contribution is 2.30. The SMILES string of the molecule is O=C1Nc2ccc(Br)cc2C(=O)N2CCC[C@H]12. The summed E-state index contributed by atoms with van der Waals surface area (Å²) >= 11 is 3.35. The molecule has 0 aliphatic carbocycles. The maximum absolute atomic E-state index is 12.3. The van der Waals surface area contributed by atoms with Crippen LogP contribution in [0.1, 0.15) is 23.2 Å². The molecule has 0 spiro atoms. The largest absolute Gasteiger partial charge is 0.327 e. The molecule has 0 unspecified atom stereocenters. The Hall–Kier alpha value is -1.36. The van der Waals surface area contributed by atoms with Gasteiger partial charge in [-0.2, -0.15) is 0 Å². The first-order valence-corrected chi connectivity index (χ1v) is 6.37. The zero-order valence-electron chi connectivity index (χ0n) is 9.07. The second kappa shape index (κ2) is 3.84. The maximum Gasteiger partial charge on any atom is 0.256 e. The van der Waals surface area contributed by atoms with Gasteiger partial charge in [0.1, 0.15) is 6.04 Å². The van der Waals surface area contributed by atoms with Crippen molar-refractivity contribution < 1.29 is 9.59 Å². The van der Waals surface area contributed by atoms with E-state index in [9.17, 15) is 9.59 Å². The van der Waals surface area contributed by atoms with Crippen LogP contribution in [0.15, 0.2) is 22.7 Å². The summed E-state index contributed by atoms with van der Waals surface area (Å²) in [6, 6.07) is 5.05. The number of hydrogen-bond acceptors (Lipinski definition) is 2. The minimum absolute atomic E-state index is 0.0536. The first-order chi connectivity index (χ1) is 8.16.